The Morgan fingerprint density at radius 3 is 2.41 bits per heavy atom. The van der Waals surface area contributed by atoms with E-state index in [0.29, 0.717) is 11.5 Å². The third-order valence-electron chi connectivity index (χ3n) is 6.83. The van der Waals surface area contributed by atoms with Crippen molar-refractivity contribution in [1.82, 2.24) is 4.57 Å². The van der Waals surface area contributed by atoms with Gasteiger partial charge in [-0.05, 0) is 60.9 Å². The van der Waals surface area contributed by atoms with Crippen LogP contribution in [0.15, 0.2) is 83.3 Å². The lowest BCUT2D eigenvalue weighted by Crippen LogP contribution is -2.30. The Bertz CT molecular complexity index is 1720. The van der Waals surface area contributed by atoms with Gasteiger partial charge in [-0.3, -0.25) is 0 Å². The topological polar surface area (TPSA) is 21.9 Å². The summed E-state index contributed by atoms with van der Waals surface area (Å²) in [5.74, 6) is 1.19. The molecule has 0 spiro atoms. The van der Waals surface area contributed by atoms with E-state index in [1.165, 1.54) is 23.4 Å². The summed E-state index contributed by atoms with van der Waals surface area (Å²) in [5.41, 5.74) is 8.37. The molecule has 3 nitrogen and oxygen atoms in total. The van der Waals surface area contributed by atoms with E-state index in [1.54, 1.807) is 6.07 Å². The molecule has 4 aromatic carbocycles. The molecule has 0 fully saturated rings. The van der Waals surface area contributed by atoms with Crippen LogP contribution in [0.5, 0.6) is 0 Å². The molecule has 0 aliphatic carbocycles. The monoisotopic (exact) mass is 449 g/mol. The van der Waals surface area contributed by atoms with Crippen molar-refractivity contribution in [1.29, 1.82) is 0 Å². The van der Waals surface area contributed by atoms with E-state index in [0.717, 1.165) is 44.3 Å². The van der Waals surface area contributed by atoms with Gasteiger partial charge in [-0.1, -0.05) is 44.2 Å². The van der Waals surface area contributed by atoms with Crippen LogP contribution in [-0.2, 0) is 7.05 Å². The van der Waals surface area contributed by atoms with Gasteiger partial charge in [0.05, 0.1) is 12.6 Å². The summed E-state index contributed by atoms with van der Waals surface area (Å²) in [5, 5.41) is 1.91. The molecular formula is C30H26FN2O+. The van der Waals surface area contributed by atoms with Crippen molar-refractivity contribution in [2.75, 3.05) is 0 Å². The highest BCUT2D eigenvalue weighted by Gasteiger charge is 2.29. The maximum absolute atomic E-state index is 13.8. The first-order valence-corrected chi connectivity index (χ1v) is 11.7. The van der Waals surface area contributed by atoms with E-state index >= 15 is 0 Å². The van der Waals surface area contributed by atoms with Crippen molar-refractivity contribution >= 4 is 33.0 Å². The number of para-hydroxylation sites is 3. The van der Waals surface area contributed by atoms with Crippen LogP contribution in [-0.4, -0.2) is 4.57 Å². The summed E-state index contributed by atoms with van der Waals surface area (Å²) >= 11 is 0. The summed E-state index contributed by atoms with van der Waals surface area (Å²) < 4.78 is 24.5. The number of fused-ring (bicyclic) bond motifs is 4. The van der Waals surface area contributed by atoms with Gasteiger partial charge in [-0.25, -0.2) is 8.96 Å². The number of nitrogens with zero attached hydrogens (tertiary/aromatic N) is 2. The summed E-state index contributed by atoms with van der Waals surface area (Å²) in [7, 11) is 2.12. The first-order valence-electron chi connectivity index (χ1n) is 11.7. The molecule has 0 saturated heterocycles. The quantitative estimate of drug-likeness (QED) is 0.255. The molecule has 0 atom stereocenters. The standard InChI is InChI=1S/C30H26FN2O/c1-18(2)21-9-5-6-10-25(21)33-27-12-8-7-11-26(27)32(4)30(33)23-17-24-22-14-13-20(31)16-29(22)34-28(24)15-19(23)3/h5-18H,1-4H3/q+1. The van der Waals surface area contributed by atoms with Crippen LogP contribution in [0.3, 0.4) is 0 Å². The largest absolute Gasteiger partial charge is 0.456 e. The van der Waals surface area contributed by atoms with Gasteiger partial charge in [0.15, 0.2) is 11.0 Å². The van der Waals surface area contributed by atoms with E-state index < -0.39 is 0 Å². The van der Waals surface area contributed by atoms with Crippen LogP contribution in [0.4, 0.5) is 4.39 Å². The Morgan fingerprint density at radius 1 is 0.853 bits per heavy atom. The summed E-state index contributed by atoms with van der Waals surface area (Å²) in [4.78, 5) is 0. The Hall–Kier alpha value is -3.92. The number of rotatable bonds is 3. The van der Waals surface area contributed by atoms with Gasteiger partial charge in [-0.2, -0.15) is 4.57 Å². The Kier molecular flexibility index (Phi) is 4.59. The number of furan rings is 1. The van der Waals surface area contributed by atoms with Gasteiger partial charge >= 0.3 is 0 Å². The van der Waals surface area contributed by atoms with Crippen molar-refractivity contribution in [3.05, 3.63) is 95.8 Å². The van der Waals surface area contributed by atoms with E-state index in [-0.39, 0.29) is 5.82 Å². The number of benzene rings is 4. The van der Waals surface area contributed by atoms with Crippen molar-refractivity contribution in [2.45, 2.75) is 26.7 Å². The van der Waals surface area contributed by atoms with Gasteiger partial charge in [-0.15, -0.1) is 0 Å². The first-order chi connectivity index (χ1) is 16.4. The number of hydrogen-bond donors (Lipinski definition) is 0. The lowest BCUT2D eigenvalue weighted by molar-refractivity contribution is -0.633. The van der Waals surface area contributed by atoms with Gasteiger partial charge in [0, 0.05) is 22.4 Å². The fourth-order valence-corrected chi connectivity index (χ4v) is 5.18. The number of hydrogen-bond acceptors (Lipinski definition) is 1. The van der Waals surface area contributed by atoms with Crippen molar-refractivity contribution < 1.29 is 13.4 Å². The molecule has 0 N–H and O–H groups in total. The molecule has 168 valence electrons. The minimum Gasteiger partial charge on any atom is -0.456 e. The first kappa shape index (κ1) is 20.7. The van der Waals surface area contributed by atoms with E-state index in [4.69, 9.17) is 4.42 Å². The van der Waals surface area contributed by atoms with Crippen LogP contribution in [0.2, 0.25) is 0 Å². The normalized spacial score (nSPS) is 11.9. The average molecular weight is 450 g/mol. The molecule has 34 heavy (non-hydrogen) atoms. The van der Waals surface area contributed by atoms with Crippen LogP contribution in [0.1, 0.15) is 30.9 Å². The maximum Gasteiger partial charge on any atom is 0.295 e. The SMILES string of the molecule is Cc1cc2oc3cc(F)ccc3c2cc1-c1n(-c2ccccc2C(C)C)c2ccccc2[n+]1C. The molecule has 0 aliphatic rings. The molecule has 0 aliphatic heterocycles. The number of aromatic nitrogens is 2. The zero-order chi connectivity index (χ0) is 23.6. The molecular weight excluding hydrogens is 423 g/mol. The van der Waals surface area contributed by atoms with E-state index in [1.807, 2.05) is 0 Å². The second-order valence-corrected chi connectivity index (χ2v) is 9.33. The molecule has 0 unspecified atom stereocenters. The van der Waals surface area contributed by atoms with Crippen molar-refractivity contribution in [3.8, 4) is 17.1 Å². The lowest BCUT2D eigenvalue weighted by atomic mass is 10.00. The molecule has 0 bridgehead atoms. The highest BCUT2D eigenvalue weighted by Crippen LogP contribution is 2.37. The Balaban J connectivity index is 1.74. The van der Waals surface area contributed by atoms with Crippen LogP contribution >= 0.6 is 0 Å². The molecule has 2 heterocycles. The molecule has 0 saturated carbocycles. The smallest absolute Gasteiger partial charge is 0.295 e. The van der Waals surface area contributed by atoms with Crippen LogP contribution in [0, 0.1) is 12.7 Å². The van der Waals surface area contributed by atoms with Crippen molar-refractivity contribution in [3.63, 3.8) is 0 Å². The summed E-state index contributed by atoms with van der Waals surface area (Å²) in [6, 6.07) is 26.2. The lowest BCUT2D eigenvalue weighted by Gasteiger charge is -2.12. The fraction of sp³-hybridized carbons (Fsp3) is 0.167. The molecule has 4 heteroatoms. The van der Waals surface area contributed by atoms with Gasteiger partial charge < -0.3 is 4.42 Å². The second kappa shape index (κ2) is 7.56. The summed E-state index contributed by atoms with van der Waals surface area (Å²) in [6.45, 7) is 6.58. The van der Waals surface area contributed by atoms with Gasteiger partial charge in [0.25, 0.3) is 5.82 Å². The molecule has 2 aromatic heterocycles. The molecule has 0 amide bonds. The predicted octanol–water partition coefficient (Wildman–Crippen LogP) is 7.59. The van der Waals surface area contributed by atoms with Crippen molar-refractivity contribution in [2.24, 2.45) is 7.05 Å². The summed E-state index contributed by atoms with van der Waals surface area (Å²) in [6.07, 6.45) is 0. The van der Waals surface area contributed by atoms with Crippen LogP contribution < -0.4 is 4.57 Å². The number of imidazole rings is 1. The zero-order valence-electron chi connectivity index (χ0n) is 19.8. The molecule has 6 aromatic rings. The van der Waals surface area contributed by atoms with E-state index in [9.17, 15) is 4.39 Å². The average Bonchev–Trinajstić information content (AvgIpc) is 3.32. The van der Waals surface area contributed by atoms with Gasteiger partial charge in [0.1, 0.15) is 22.7 Å². The fourth-order valence-electron chi connectivity index (χ4n) is 5.18. The Morgan fingerprint density at radius 2 is 1.59 bits per heavy atom. The minimum absolute atomic E-state index is 0.291. The molecule has 6 rings (SSSR count). The molecule has 0 radical (unpaired) electrons. The zero-order valence-corrected chi connectivity index (χ0v) is 19.8. The predicted molar refractivity (Wildman–Crippen MR) is 136 cm³/mol. The Labute approximate surface area is 197 Å². The third kappa shape index (κ3) is 2.98. The number of aryl methyl sites for hydroxylation is 2. The number of halogens is 1. The maximum atomic E-state index is 13.8. The van der Waals surface area contributed by atoms with Crippen LogP contribution in [0.25, 0.3) is 50.0 Å². The third-order valence-corrected chi connectivity index (χ3v) is 6.83. The van der Waals surface area contributed by atoms with Gasteiger partial charge in [0.2, 0.25) is 0 Å². The van der Waals surface area contributed by atoms with E-state index in [2.05, 4.69) is 97.6 Å². The highest BCUT2D eigenvalue weighted by atomic mass is 19.1. The second-order valence-electron chi connectivity index (χ2n) is 9.33. The highest BCUT2D eigenvalue weighted by molar-refractivity contribution is 6.06. The minimum atomic E-state index is -0.291.